The number of non-ortho nitro benzene ring substituents is 1. The molecule has 0 amide bonds. The Morgan fingerprint density at radius 2 is 2.19 bits per heavy atom. The van der Waals surface area contributed by atoms with E-state index in [1.807, 2.05) is 6.07 Å². The molecule has 0 saturated heterocycles. The number of hydrogen-bond donors (Lipinski definition) is 0. The van der Waals surface area contributed by atoms with Crippen molar-refractivity contribution in [3.05, 3.63) is 33.9 Å². The average Bonchev–Trinajstić information content (AvgIpc) is 2.92. The molecule has 0 aliphatic carbocycles. The fourth-order valence-electron chi connectivity index (χ4n) is 1.39. The summed E-state index contributed by atoms with van der Waals surface area (Å²) in [4.78, 5) is 10.8. The Kier molecular flexibility index (Phi) is 5.55. The van der Waals surface area contributed by atoms with Crippen molar-refractivity contribution in [2.75, 3.05) is 5.75 Å². The fraction of sp³-hybridized carbons (Fsp3) is 0.250. The van der Waals surface area contributed by atoms with Gasteiger partial charge in [0.25, 0.3) is 5.69 Å². The molecule has 9 heteroatoms. The zero-order chi connectivity index (χ0) is 15.2. The minimum atomic E-state index is -0.514. The highest BCUT2D eigenvalue weighted by molar-refractivity contribution is 8.03. The molecule has 0 unspecified atom stereocenters. The van der Waals surface area contributed by atoms with E-state index in [9.17, 15) is 10.1 Å². The maximum Gasteiger partial charge on any atom is 0.270 e. The summed E-state index contributed by atoms with van der Waals surface area (Å²) in [6.45, 7) is 2.10. The monoisotopic (exact) mass is 338 g/mol. The highest BCUT2D eigenvalue weighted by Crippen LogP contribution is 2.36. The summed E-state index contributed by atoms with van der Waals surface area (Å²) < 4.78 is 1.61. The second-order valence-electron chi connectivity index (χ2n) is 3.83. The van der Waals surface area contributed by atoms with Gasteiger partial charge in [-0.15, -0.1) is 10.2 Å². The van der Waals surface area contributed by atoms with Gasteiger partial charge in [0.05, 0.1) is 10.5 Å². The molecule has 6 nitrogen and oxygen atoms in total. The predicted octanol–water partition coefficient (Wildman–Crippen LogP) is 3.97. The van der Waals surface area contributed by atoms with Crippen LogP contribution in [-0.2, 0) is 0 Å². The highest BCUT2D eigenvalue weighted by atomic mass is 32.2. The van der Waals surface area contributed by atoms with E-state index in [1.54, 1.807) is 17.8 Å². The summed E-state index contributed by atoms with van der Waals surface area (Å²) in [7, 11) is 0. The maximum absolute atomic E-state index is 10.7. The van der Waals surface area contributed by atoms with Crippen molar-refractivity contribution in [1.82, 2.24) is 10.2 Å². The normalized spacial score (nSPS) is 10.3. The minimum absolute atomic E-state index is 0.0904. The van der Waals surface area contributed by atoms with Gasteiger partial charge in [-0.1, -0.05) is 41.8 Å². The number of nitriles is 1. The second-order valence-corrected chi connectivity index (χ2v) is 7.44. The summed E-state index contributed by atoms with van der Waals surface area (Å²) in [5, 5.41) is 27.9. The van der Waals surface area contributed by atoms with Crippen molar-refractivity contribution in [2.24, 2.45) is 0 Å². The lowest BCUT2D eigenvalue weighted by Gasteiger charge is -2.00. The number of rotatable bonds is 6. The molecule has 1 aromatic carbocycles. The Hall–Kier alpha value is -1.63. The third-order valence-corrected chi connectivity index (χ3v) is 5.70. The Morgan fingerprint density at radius 3 is 2.86 bits per heavy atom. The Labute approximate surface area is 133 Å². The van der Waals surface area contributed by atoms with E-state index in [2.05, 4.69) is 17.1 Å². The van der Waals surface area contributed by atoms with Crippen LogP contribution in [-0.4, -0.2) is 20.9 Å². The van der Waals surface area contributed by atoms with Gasteiger partial charge < -0.3 is 0 Å². The predicted molar refractivity (Wildman–Crippen MR) is 82.9 cm³/mol. The first-order chi connectivity index (χ1) is 10.1. The van der Waals surface area contributed by atoms with Gasteiger partial charge in [0.1, 0.15) is 6.07 Å². The molecular formula is C12H10N4O2S3. The molecule has 0 radical (unpaired) electrons. The van der Waals surface area contributed by atoms with Crippen LogP contribution >= 0.6 is 34.9 Å². The van der Waals surface area contributed by atoms with Gasteiger partial charge in [0, 0.05) is 22.8 Å². The quantitative estimate of drug-likeness (QED) is 0.447. The van der Waals surface area contributed by atoms with Gasteiger partial charge >= 0.3 is 0 Å². The number of nitro groups is 1. The number of nitro benzene ring substituents is 1. The third kappa shape index (κ3) is 4.17. The standard InChI is InChI=1S/C12H10N4O2S3/c1-2-5-19-11-14-15-12(21-11)20-10-4-3-9(16(17)18)6-8(10)7-13/h3-4,6H,2,5H2,1H3. The lowest BCUT2D eigenvalue weighted by Crippen LogP contribution is -1.90. The van der Waals surface area contributed by atoms with Crippen LogP contribution in [0.4, 0.5) is 5.69 Å². The first kappa shape index (κ1) is 15.8. The molecular weight excluding hydrogens is 328 g/mol. The molecule has 1 aromatic heterocycles. The van der Waals surface area contributed by atoms with Crippen molar-refractivity contribution in [1.29, 1.82) is 5.26 Å². The van der Waals surface area contributed by atoms with Crippen LogP contribution in [0.1, 0.15) is 18.9 Å². The first-order valence-corrected chi connectivity index (χ1v) is 8.58. The van der Waals surface area contributed by atoms with Crippen molar-refractivity contribution in [3.63, 3.8) is 0 Å². The molecule has 2 rings (SSSR count). The lowest BCUT2D eigenvalue weighted by atomic mass is 10.2. The summed E-state index contributed by atoms with van der Waals surface area (Å²) >= 11 is 4.40. The molecule has 2 aromatic rings. The Bertz CT molecular complexity index is 696. The van der Waals surface area contributed by atoms with E-state index in [4.69, 9.17) is 5.26 Å². The Balaban J connectivity index is 2.17. The second kappa shape index (κ2) is 7.40. The zero-order valence-corrected chi connectivity index (χ0v) is 13.4. The van der Waals surface area contributed by atoms with Crippen molar-refractivity contribution >= 4 is 40.5 Å². The van der Waals surface area contributed by atoms with Gasteiger partial charge in [0.2, 0.25) is 0 Å². The summed E-state index contributed by atoms with van der Waals surface area (Å²) in [5.41, 5.74) is 0.180. The number of benzene rings is 1. The largest absolute Gasteiger partial charge is 0.270 e. The van der Waals surface area contributed by atoms with Crippen molar-refractivity contribution in [2.45, 2.75) is 26.9 Å². The third-order valence-electron chi connectivity index (χ3n) is 2.31. The lowest BCUT2D eigenvalue weighted by molar-refractivity contribution is -0.384. The molecule has 0 bridgehead atoms. The van der Waals surface area contributed by atoms with Crippen LogP contribution in [0.3, 0.4) is 0 Å². The van der Waals surface area contributed by atoms with Gasteiger partial charge in [-0.3, -0.25) is 10.1 Å². The zero-order valence-electron chi connectivity index (χ0n) is 11.0. The van der Waals surface area contributed by atoms with Crippen LogP contribution in [0.25, 0.3) is 0 Å². The van der Waals surface area contributed by atoms with Crippen LogP contribution in [0, 0.1) is 21.4 Å². The molecule has 0 aliphatic rings. The molecule has 0 spiro atoms. The van der Waals surface area contributed by atoms with Crippen molar-refractivity contribution in [3.8, 4) is 6.07 Å². The maximum atomic E-state index is 10.7. The average molecular weight is 338 g/mol. The van der Waals surface area contributed by atoms with Gasteiger partial charge in [-0.2, -0.15) is 5.26 Å². The van der Waals surface area contributed by atoms with Gasteiger partial charge in [-0.05, 0) is 12.5 Å². The number of nitrogens with zero attached hydrogens (tertiary/aromatic N) is 4. The number of thioether (sulfide) groups is 1. The van der Waals surface area contributed by atoms with E-state index in [0.717, 1.165) is 20.9 Å². The van der Waals surface area contributed by atoms with E-state index < -0.39 is 4.92 Å². The van der Waals surface area contributed by atoms with Crippen LogP contribution < -0.4 is 0 Å². The van der Waals surface area contributed by atoms with Gasteiger partial charge in [-0.25, -0.2) is 0 Å². The molecule has 0 aliphatic heterocycles. The summed E-state index contributed by atoms with van der Waals surface area (Å²) in [5.74, 6) is 0.986. The number of aromatic nitrogens is 2. The minimum Gasteiger partial charge on any atom is -0.258 e. The highest BCUT2D eigenvalue weighted by Gasteiger charge is 2.13. The Morgan fingerprint density at radius 1 is 1.43 bits per heavy atom. The van der Waals surface area contributed by atoms with Crippen LogP contribution in [0.5, 0.6) is 0 Å². The molecule has 1 heterocycles. The van der Waals surface area contributed by atoms with E-state index >= 15 is 0 Å². The summed E-state index contributed by atoms with van der Waals surface area (Å²) in [6, 6.07) is 6.21. The first-order valence-electron chi connectivity index (χ1n) is 5.96. The van der Waals surface area contributed by atoms with E-state index in [0.29, 0.717) is 4.90 Å². The van der Waals surface area contributed by atoms with E-state index in [-0.39, 0.29) is 11.3 Å². The number of hydrogen-bond acceptors (Lipinski definition) is 8. The molecule has 0 saturated carbocycles. The topological polar surface area (TPSA) is 92.7 Å². The SMILES string of the molecule is CCCSc1nnc(Sc2ccc([N+](=O)[O-])cc2C#N)s1. The smallest absolute Gasteiger partial charge is 0.258 e. The molecule has 108 valence electrons. The van der Waals surface area contributed by atoms with Crippen LogP contribution in [0.15, 0.2) is 31.8 Å². The van der Waals surface area contributed by atoms with E-state index in [1.165, 1.54) is 35.2 Å². The van der Waals surface area contributed by atoms with Crippen molar-refractivity contribution < 1.29 is 4.92 Å². The summed E-state index contributed by atoms with van der Waals surface area (Å²) in [6.07, 6.45) is 1.06. The van der Waals surface area contributed by atoms with Crippen LogP contribution in [0.2, 0.25) is 0 Å². The molecule has 21 heavy (non-hydrogen) atoms. The molecule has 0 N–H and O–H groups in total. The molecule has 0 atom stereocenters. The van der Waals surface area contributed by atoms with Gasteiger partial charge in [0.15, 0.2) is 8.68 Å². The fourth-order valence-corrected chi connectivity index (χ4v) is 4.35. The molecule has 0 fully saturated rings.